The van der Waals surface area contributed by atoms with Gasteiger partial charge in [-0.1, -0.05) is 32.6 Å². The van der Waals surface area contributed by atoms with Gasteiger partial charge in [0, 0.05) is 12.1 Å². The molecule has 1 aliphatic carbocycles. The van der Waals surface area contributed by atoms with Gasteiger partial charge in [-0.2, -0.15) is 0 Å². The summed E-state index contributed by atoms with van der Waals surface area (Å²) in [5.74, 6) is -0.690. The Morgan fingerprint density at radius 1 is 1.11 bits per heavy atom. The summed E-state index contributed by atoms with van der Waals surface area (Å²) in [6.07, 6.45) is 10.6. The zero-order valence-corrected chi connectivity index (χ0v) is 11.6. The molecule has 0 bridgehead atoms. The van der Waals surface area contributed by atoms with Crippen molar-refractivity contribution in [3.8, 4) is 0 Å². The summed E-state index contributed by atoms with van der Waals surface area (Å²) < 4.78 is 0. The largest absolute Gasteiger partial charge is 0.481 e. The minimum absolute atomic E-state index is 0.120. The van der Waals surface area contributed by atoms with Gasteiger partial charge in [0.15, 0.2) is 0 Å². The highest BCUT2D eigenvalue weighted by Crippen LogP contribution is 2.33. The predicted octanol–water partition coefficient (Wildman–Crippen LogP) is 3.28. The van der Waals surface area contributed by atoms with E-state index in [0.717, 1.165) is 25.8 Å². The van der Waals surface area contributed by atoms with E-state index in [4.69, 9.17) is 0 Å². The highest BCUT2D eigenvalue weighted by atomic mass is 16.4. The fraction of sp³-hybridized carbons (Fsp3) is 0.933. The fourth-order valence-corrected chi connectivity index (χ4v) is 3.87. The van der Waals surface area contributed by atoms with Crippen LogP contribution in [-0.2, 0) is 4.79 Å². The number of carboxylic acid groups (broad SMARTS) is 1. The smallest absolute Gasteiger partial charge is 0.308 e. The van der Waals surface area contributed by atoms with E-state index in [1.54, 1.807) is 0 Å². The summed E-state index contributed by atoms with van der Waals surface area (Å²) in [6.45, 7) is 3.37. The lowest BCUT2D eigenvalue weighted by atomic mass is 9.82. The summed E-state index contributed by atoms with van der Waals surface area (Å²) in [5, 5.41) is 9.44. The Morgan fingerprint density at radius 3 is 2.56 bits per heavy atom. The van der Waals surface area contributed by atoms with Gasteiger partial charge in [-0.3, -0.25) is 9.69 Å². The molecule has 1 heterocycles. The minimum Gasteiger partial charge on any atom is -0.481 e. The first-order valence-corrected chi connectivity index (χ1v) is 7.72. The van der Waals surface area contributed by atoms with Crippen molar-refractivity contribution >= 4 is 5.97 Å². The summed E-state index contributed by atoms with van der Waals surface area (Å²) in [6, 6.07) is 0.928. The molecule has 2 aliphatic rings. The Balaban J connectivity index is 2.11. The lowest BCUT2D eigenvalue weighted by molar-refractivity contribution is -0.146. The average molecular weight is 253 g/mol. The molecule has 3 nitrogen and oxygen atoms in total. The molecule has 1 N–H and O–H groups in total. The van der Waals surface area contributed by atoms with Gasteiger partial charge in [0.25, 0.3) is 0 Å². The van der Waals surface area contributed by atoms with Crippen molar-refractivity contribution in [3.05, 3.63) is 0 Å². The number of carboxylic acids is 1. The van der Waals surface area contributed by atoms with Gasteiger partial charge >= 0.3 is 5.97 Å². The number of rotatable bonds is 3. The molecule has 2 fully saturated rings. The van der Waals surface area contributed by atoms with E-state index in [-0.39, 0.29) is 5.92 Å². The van der Waals surface area contributed by atoms with E-state index >= 15 is 0 Å². The summed E-state index contributed by atoms with van der Waals surface area (Å²) in [7, 11) is 0. The van der Waals surface area contributed by atoms with Gasteiger partial charge < -0.3 is 5.11 Å². The Kier molecular flexibility index (Phi) is 5.04. The lowest BCUT2D eigenvalue weighted by Crippen LogP contribution is -2.49. The van der Waals surface area contributed by atoms with Crippen LogP contribution in [0, 0.1) is 5.92 Å². The Hall–Kier alpha value is -0.570. The maximum atomic E-state index is 11.5. The number of hydrogen-bond acceptors (Lipinski definition) is 2. The molecule has 0 aromatic rings. The molecule has 1 saturated carbocycles. The van der Waals surface area contributed by atoms with E-state index in [0.29, 0.717) is 12.1 Å². The number of nitrogens with zero attached hydrogens (tertiary/aromatic N) is 1. The van der Waals surface area contributed by atoms with Crippen LogP contribution in [0.2, 0.25) is 0 Å². The molecule has 0 radical (unpaired) electrons. The Morgan fingerprint density at radius 2 is 1.83 bits per heavy atom. The van der Waals surface area contributed by atoms with E-state index in [9.17, 15) is 9.90 Å². The average Bonchev–Trinajstić information content (AvgIpc) is 2.63. The maximum absolute atomic E-state index is 11.5. The molecule has 1 saturated heterocycles. The van der Waals surface area contributed by atoms with Gasteiger partial charge in [-0.15, -0.1) is 0 Å². The molecule has 18 heavy (non-hydrogen) atoms. The third-order valence-corrected chi connectivity index (χ3v) is 4.87. The van der Waals surface area contributed by atoms with Crippen LogP contribution in [0.1, 0.15) is 64.7 Å². The molecule has 1 aliphatic heterocycles. The molecule has 0 aromatic heterocycles. The van der Waals surface area contributed by atoms with Crippen LogP contribution in [0.4, 0.5) is 0 Å². The first-order chi connectivity index (χ1) is 8.74. The second kappa shape index (κ2) is 6.55. The van der Waals surface area contributed by atoms with Crippen molar-refractivity contribution in [3.63, 3.8) is 0 Å². The molecule has 0 aromatic carbocycles. The van der Waals surface area contributed by atoms with Gasteiger partial charge in [0.2, 0.25) is 0 Å². The van der Waals surface area contributed by atoms with Crippen LogP contribution in [-0.4, -0.2) is 34.6 Å². The normalized spacial score (nSPS) is 35.1. The van der Waals surface area contributed by atoms with Crippen molar-refractivity contribution in [1.82, 2.24) is 4.90 Å². The molecular formula is C15H27NO2. The van der Waals surface area contributed by atoms with Crippen LogP contribution in [0.5, 0.6) is 0 Å². The van der Waals surface area contributed by atoms with Gasteiger partial charge in [0.1, 0.15) is 0 Å². The third kappa shape index (κ3) is 3.05. The van der Waals surface area contributed by atoms with Gasteiger partial charge in [0.05, 0.1) is 5.92 Å². The van der Waals surface area contributed by atoms with Crippen LogP contribution >= 0.6 is 0 Å². The van der Waals surface area contributed by atoms with E-state index < -0.39 is 5.97 Å². The molecular weight excluding hydrogens is 226 g/mol. The fourth-order valence-electron chi connectivity index (χ4n) is 3.87. The second-order valence-corrected chi connectivity index (χ2v) is 5.95. The van der Waals surface area contributed by atoms with E-state index in [1.807, 2.05) is 0 Å². The van der Waals surface area contributed by atoms with Crippen LogP contribution in [0.3, 0.4) is 0 Å². The number of likely N-dealkylation sites (tertiary alicyclic amines) is 1. The first-order valence-electron chi connectivity index (χ1n) is 7.72. The lowest BCUT2D eigenvalue weighted by Gasteiger charge is -2.41. The summed E-state index contributed by atoms with van der Waals surface area (Å²) in [5.41, 5.74) is 0. The van der Waals surface area contributed by atoms with Gasteiger partial charge in [-0.25, -0.2) is 0 Å². The van der Waals surface area contributed by atoms with Crippen molar-refractivity contribution < 1.29 is 9.90 Å². The second-order valence-electron chi connectivity index (χ2n) is 5.95. The standard InChI is InChI=1S/C15H27NO2/c1-2-12-8-4-3-7-11-16(12)14-10-6-5-9-13(14)15(17)18/h12-14H,2-11H2,1H3,(H,17,18). The van der Waals surface area contributed by atoms with Crippen molar-refractivity contribution in [2.75, 3.05) is 6.54 Å². The molecule has 0 amide bonds. The Bertz CT molecular complexity index is 280. The molecule has 3 unspecified atom stereocenters. The zero-order valence-electron chi connectivity index (χ0n) is 11.6. The zero-order chi connectivity index (χ0) is 13.0. The number of hydrogen-bond donors (Lipinski definition) is 1. The predicted molar refractivity (Wildman–Crippen MR) is 72.6 cm³/mol. The highest BCUT2D eigenvalue weighted by molar-refractivity contribution is 5.71. The SMILES string of the molecule is CCC1CCCCCN1C1CCCCC1C(=O)O. The quantitative estimate of drug-likeness (QED) is 0.839. The van der Waals surface area contributed by atoms with Gasteiger partial charge in [-0.05, 0) is 38.6 Å². The van der Waals surface area contributed by atoms with Crippen LogP contribution < -0.4 is 0 Å². The van der Waals surface area contributed by atoms with Crippen LogP contribution in [0.15, 0.2) is 0 Å². The van der Waals surface area contributed by atoms with E-state index in [2.05, 4.69) is 11.8 Å². The first kappa shape index (κ1) is 13.9. The number of carbonyl (C=O) groups is 1. The molecule has 0 spiro atoms. The molecule has 2 rings (SSSR count). The van der Waals surface area contributed by atoms with Crippen molar-refractivity contribution in [2.45, 2.75) is 76.8 Å². The third-order valence-electron chi connectivity index (χ3n) is 4.87. The van der Waals surface area contributed by atoms with E-state index in [1.165, 1.54) is 38.5 Å². The minimum atomic E-state index is -0.571. The summed E-state index contributed by atoms with van der Waals surface area (Å²) >= 11 is 0. The molecule has 3 heteroatoms. The highest BCUT2D eigenvalue weighted by Gasteiger charge is 2.37. The van der Waals surface area contributed by atoms with Crippen molar-refractivity contribution in [2.24, 2.45) is 5.92 Å². The number of aliphatic carboxylic acids is 1. The molecule has 3 atom stereocenters. The molecule has 104 valence electrons. The maximum Gasteiger partial charge on any atom is 0.308 e. The van der Waals surface area contributed by atoms with Crippen LogP contribution in [0.25, 0.3) is 0 Å². The van der Waals surface area contributed by atoms with Crippen molar-refractivity contribution in [1.29, 1.82) is 0 Å². The summed E-state index contributed by atoms with van der Waals surface area (Å²) in [4.78, 5) is 14.0. The monoisotopic (exact) mass is 253 g/mol. The Labute approximate surface area is 111 Å². The topological polar surface area (TPSA) is 40.5 Å².